The molecule has 6 aromatic rings. The zero-order valence-corrected chi connectivity index (χ0v) is 44.3. The van der Waals surface area contributed by atoms with Crippen LogP contribution in [0.25, 0.3) is 22.5 Å². The molecule has 76 heavy (non-hydrogen) atoms. The minimum Gasteiger partial charge on any atom is -0.476 e. The quantitative estimate of drug-likeness (QED) is 0.0672. The molecule has 0 bridgehead atoms. The number of imidazole rings is 2. The fourth-order valence-corrected chi connectivity index (χ4v) is 8.90. The Morgan fingerprint density at radius 2 is 0.987 bits per heavy atom. The predicted octanol–water partition coefficient (Wildman–Crippen LogP) is 8.30. The molecule has 8 rings (SSSR count). The highest BCUT2D eigenvalue weighted by Gasteiger charge is 2.40. The predicted molar refractivity (Wildman–Crippen MR) is 285 cm³/mol. The van der Waals surface area contributed by atoms with Crippen LogP contribution in [-0.4, -0.2) is 118 Å². The number of amides is 5. The largest absolute Gasteiger partial charge is 0.476 e. The average Bonchev–Trinajstić information content (AvgIpc) is 4.18. The molecule has 7 N–H and O–H groups in total. The summed E-state index contributed by atoms with van der Waals surface area (Å²) in [5.41, 5.74) is 14.9. The van der Waals surface area contributed by atoms with Gasteiger partial charge in [-0.15, -0.1) is 0 Å². The van der Waals surface area contributed by atoms with Gasteiger partial charge in [-0.05, 0) is 141 Å². The number of anilines is 2. The topological polar surface area (TPSA) is 283 Å². The third-order valence-electron chi connectivity index (χ3n) is 12.2. The molecule has 4 aromatic heterocycles. The number of nitrogens with one attached hydrogen (secondary N) is 4. The number of primary amides is 1. The number of rotatable bonds is 12. The molecule has 2 aromatic carbocycles. The molecule has 22 nitrogen and oxygen atoms in total. The average molecular weight is 1040 g/mol. The van der Waals surface area contributed by atoms with E-state index in [-0.39, 0.29) is 28.9 Å². The highest BCUT2D eigenvalue weighted by molar-refractivity contribution is 6.05. The van der Waals surface area contributed by atoms with Crippen LogP contribution in [0, 0.1) is 13.8 Å². The first-order chi connectivity index (χ1) is 36.0. The first kappa shape index (κ1) is 54.9. The highest BCUT2D eigenvalue weighted by Crippen LogP contribution is 2.38. The normalized spacial score (nSPS) is 15.3. The Balaban J connectivity index is 0.000000221. The minimum absolute atomic E-state index is 0.0697. The van der Waals surface area contributed by atoms with E-state index in [9.17, 15) is 33.9 Å². The van der Waals surface area contributed by atoms with Gasteiger partial charge in [0.2, 0.25) is 0 Å². The highest BCUT2D eigenvalue weighted by atomic mass is 16.6. The van der Waals surface area contributed by atoms with Crippen molar-refractivity contribution >= 4 is 47.5 Å². The van der Waals surface area contributed by atoms with Crippen LogP contribution in [-0.2, 0) is 9.47 Å². The van der Waals surface area contributed by atoms with E-state index < -0.39 is 47.3 Å². The number of hydrogen-bond donors (Lipinski definition) is 6. The third-order valence-corrected chi connectivity index (χ3v) is 12.2. The van der Waals surface area contributed by atoms with E-state index in [0.29, 0.717) is 77.2 Å². The molecule has 0 spiro atoms. The summed E-state index contributed by atoms with van der Waals surface area (Å²) in [5.74, 6) is -0.736. The molecule has 400 valence electrons. The molecule has 2 aliphatic rings. The number of pyridine rings is 2. The van der Waals surface area contributed by atoms with E-state index in [1.54, 1.807) is 118 Å². The van der Waals surface area contributed by atoms with Crippen LogP contribution in [0.15, 0.2) is 85.2 Å². The number of carbonyl (C=O) groups excluding carboxylic acids is 5. The number of carboxylic acid groups (broad SMARTS) is 1. The number of likely N-dealkylation sites (tertiary alicyclic amines) is 2. The van der Waals surface area contributed by atoms with Crippen molar-refractivity contribution in [2.45, 2.75) is 104 Å². The van der Waals surface area contributed by atoms with Gasteiger partial charge < -0.3 is 41.8 Å². The molecule has 0 radical (unpaired) electrons. The number of aromatic carboxylic acids is 1. The second kappa shape index (κ2) is 22.7. The van der Waals surface area contributed by atoms with E-state index in [1.807, 2.05) is 46.8 Å². The Hall–Kier alpha value is -8.82. The molecule has 2 fully saturated rings. The molecule has 2 aliphatic heterocycles. The number of benzene rings is 2. The second-order valence-corrected chi connectivity index (χ2v) is 20.3. The SMILES string of the molecule is CNn1c([C@@H]2CCCN2C(=O)OC(C)(C)C)nc(-c2ccc(C(=O)Nc3cc(C)ccn3)cc2)c1C(=O)O.CNn1c([C@@H]2CCCN2C(=O)OC(C)(C)C)nc(-c2ccc(C(=O)Nc3cc(C)ccn3)cc2)c1C(N)=O. The van der Waals surface area contributed by atoms with Gasteiger partial charge in [-0.2, -0.15) is 0 Å². The summed E-state index contributed by atoms with van der Waals surface area (Å²) in [5, 5.41) is 15.6. The molecule has 22 heteroatoms. The van der Waals surface area contributed by atoms with Crippen LogP contribution in [0.2, 0.25) is 0 Å². The maximum absolute atomic E-state index is 12.9. The van der Waals surface area contributed by atoms with Gasteiger partial charge in [-0.1, -0.05) is 24.3 Å². The lowest BCUT2D eigenvalue weighted by molar-refractivity contribution is 0.0206. The fraction of sp³-hybridized carbons (Fsp3) is 0.370. The van der Waals surface area contributed by atoms with Gasteiger partial charge in [0, 0.05) is 61.8 Å². The van der Waals surface area contributed by atoms with E-state index in [1.165, 1.54) is 9.35 Å². The molecular weight excluding hydrogens is 975 g/mol. The second-order valence-electron chi connectivity index (χ2n) is 20.3. The van der Waals surface area contributed by atoms with Gasteiger partial charge in [-0.3, -0.25) is 24.2 Å². The number of ether oxygens (including phenoxy) is 2. The summed E-state index contributed by atoms with van der Waals surface area (Å²) < 4.78 is 14.1. The third kappa shape index (κ3) is 12.7. The van der Waals surface area contributed by atoms with Crippen molar-refractivity contribution in [3.8, 4) is 22.5 Å². The van der Waals surface area contributed by atoms with E-state index in [4.69, 9.17) is 25.2 Å². The lowest BCUT2D eigenvalue weighted by atomic mass is 10.1. The maximum atomic E-state index is 12.9. The molecule has 2 atom stereocenters. The number of aromatic nitrogens is 6. The molecular formula is C54H65N13O9. The first-order valence-electron chi connectivity index (χ1n) is 24.8. The molecule has 5 amide bonds. The monoisotopic (exact) mass is 1040 g/mol. The number of nitrogens with two attached hydrogens (primary N) is 1. The smallest absolute Gasteiger partial charge is 0.410 e. The van der Waals surface area contributed by atoms with Crippen molar-refractivity contribution in [1.82, 2.24) is 39.1 Å². The van der Waals surface area contributed by atoms with Crippen molar-refractivity contribution < 1.29 is 43.3 Å². The van der Waals surface area contributed by atoms with Crippen molar-refractivity contribution in [2.24, 2.45) is 5.73 Å². The van der Waals surface area contributed by atoms with Crippen LogP contribution >= 0.6 is 0 Å². The van der Waals surface area contributed by atoms with Crippen molar-refractivity contribution in [2.75, 3.05) is 48.7 Å². The van der Waals surface area contributed by atoms with Crippen LogP contribution in [0.5, 0.6) is 0 Å². The van der Waals surface area contributed by atoms with Gasteiger partial charge in [0.25, 0.3) is 17.7 Å². The Labute approximate surface area is 440 Å². The Morgan fingerprint density at radius 1 is 0.605 bits per heavy atom. The van der Waals surface area contributed by atoms with Gasteiger partial charge in [0.05, 0.1) is 12.1 Å². The Kier molecular flexibility index (Phi) is 16.4. The lowest BCUT2D eigenvalue weighted by Gasteiger charge is -2.28. The zero-order chi connectivity index (χ0) is 55.2. The maximum Gasteiger partial charge on any atom is 0.410 e. The first-order valence-corrected chi connectivity index (χ1v) is 24.8. The summed E-state index contributed by atoms with van der Waals surface area (Å²) in [6.07, 6.45) is 5.10. The summed E-state index contributed by atoms with van der Waals surface area (Å²) >= 11 is 0. The molecule has 2 saturated heterocycles. The Bertz CT molecular complexity index is 2930. The summed E-state index contributed by atoms with van der Waals surface area (Å²) in [7, 11) is 3.25. The molecule has 0 unspecified atom stereocenters. The number of nitrogens with zero attached hydrogens (tertiary/aromatic N) is 8. The summed E-state index contributed by atoms with van der Waals surface area (Å²) in [4.78, 5) is 97.1. The van der Waals surface area contributed by atoms with Crippen molar-refractivity contribution in [1.29, 1.82) is 0 Å². The number of hydrogen-bond acceptors (Lipinski definition) is 14. The van der Waals surface area contributed by atoms with Gasteiger partial charge >= 0.3 is 18.2 Å². The van der Waals surface area contributed by atoms with Crippen molar-refractivity contribution in [3.05, 3.63) is 130 Å². The van der Waals surface area contributed by atoms with Gasteiger partial charge in [0.15, 0.2) is 23.0 Å². The number of carboxylic acids is 1. The summed E-state index contributed by atoms with van der Waals surface area (Å²) in [6, 6.07) is 19.6. The van der Waals surface area contributed by atoms with Crippen LogP contribution in [0.4, 0.5) is 21.2 Å². The number of carbonyl (C=O) groups is 6. The number of aryl methyl sites for hydroxylation is 2. The molecule has 6 heterocycles. The van der Waals surface area contributed by atoms with E-state index in [0.717, 1.165) is 24.0 Å². The van der Waals surface area contributed by atoms with E-state index in [2.05, 4.69) is 31.5 Å². The zero-order valence-electron chi connectivity index (χ0n) is 44.3. The van der Waals surface area contributed by atoms with Crippen LogP contribution in [0.3, 0.4) is 0 Å². The van der Waals surface area contributed by atoms with Gasteiger partial charge in [0.1, 0.15) is 34.2 Å². The lowest BCUT2D eigenvalue weighted by Crippen LogP contribution is -2.37. The fourth-order valence-electron chi connectivity index (χ4n) is 8.90. The van der Waals surface area contributed by atoms with Crippen LogP contribution < -0.4 is 27.2 Å². The van der Waals surface area contributed by atoms with Crippen LogP contribution in [0.1, 0.15) is 144 Å². The minimum atomic E-state index is -1.18. The van der Waals surface area contributed by atoms with Crippen molar-refractivity contribution in [3.63, 3.8) is 0 Å². The molecule has 0 saturated carbocycles. The van der Waals surface area contributed by atoms with Gasteiger partial charge in [-0.25, -0.2) is 43.7 Å². The van der Waals surface area contributed by atoms with E-state index >= 15 is 0 Å². The summed E-state index contributed by atoms with van der Waals surface area (Å²) in [6.45, 7) is 15.7. The standard InChI is InChI=1S/C27H33N7O4.C27H32N6O5/c1-16-12-13-30-20(15-16)31-25(36)18-10-8-17(9-11-18)21-22(23(28)35)34(29-5)24(32-21)19-7-6-14-33(19)26(37)38-27(2,3)4;1-16-12-13-29-20(15-16)30-24(34)18-10-8-17(9-11-18)21-22(25(35)36)33(28-5)23(31-21)19-7-6-14-32(19)26(37)38-27(2,3)4/h8-13,15,19,29H,6-7,14H2,1-5H3,(H2,28,35)(H,30,31,36);8-13,15,19,28H,6-7,14H2,1-5H3,(H,35,36)(H,29,30,34)/t2*19-/m00/s1. The molecule has 0 aliphatic carbocycles. The Morgan fingerprint density at radius 3 is 1.33 bits per heavy atom.